The number of hydrogen-bond acceptors (Lipinski definition) is 3. The van der Waals surface area contributed by atoms with Crippen molar-refractivity contribution in [3.8, 4) is 5.75 Å². The smallest absolute Gasteiger partial charge is 0.223 e. The largest absolute Gasteiger partial charge is 0.493 e. The monoisotopic (exact) mass is 379 g/mol. The summed E-state index contributed by atoms with van der Waals surface area (Å²) in [5, 5.41) is 0.722. The molecule has 0 aliphatic carbocycles. The Labute approximate surface area is 161 Å². The molecule has 0 aromatic heterocycles. The summed E-state index contributed by atoms with van der Waals surface area (Å²) in [6, 6.07) is 5.79. The van der Waals surface area contributed by atoms with E-state index >= 15 is 0 Å². The van der Waals surface area contributed by atoms with E-state index in [1.165, 1.54) is 6.92 Å². The number of amides is 1. The molecular formula is C21H30ClNO3. The number of nitrogens with zero attached hydrogens (tertiary/aromatic N) is 1. The third kappa shape index (κ3) is 6.01. The summed E-state index contributed by atoms with van der Waals surface area (Å²) in [7, 11) is 0. The van der Waals surface area contributed by atoms with E-state index in [1.807, 2.05) is 23.1 Å². The normalized spacial score (nSPS) is 15.8. The number of benzene rings is 1. The van der Waals surface area contributed by atoms with Crippen LogP contribution in [0.15, 0.2) is 18.2 Å². The van der Waals surface area contributed by atoms with Crippen LogP contribution in [0.1, 0.15) is 58.9 Å². The minimum atomic E-state index is -0.0350. The van der Waals surface area contributed by atoms with Gasteiger partial charge in [-0.1, -0.05) is 32.4 Å². The van der Waals surface area contributed by atoms with Gasteiger partial charge < -0.3 is 14.4 Å². The maximum Gasteiger partial charge on any atom is 0.223 e. The number of ketones is 1. The first-order valence-corrected chi connectivity index (χ1v) is 9.74. The van der Waals surface area contributed by atoms with Gasteiger partial charge in [-0.2, -0.15) is 0 Å². The minimum absolute atomic E-state index is 0.0350. The number of halogens is 1. The van der Waals surface area contributed by atoms with Gasteiger partial charge in [-0.15, -0.1) is 0 Å². The molecule has 1 heterocycles. The Morgan fingerprint density at radius 2 is 1.85 bits per heavy atom. The maximum absolute atomic E-state index is 12.1. The Hall–Kier alpha value is -1.55. The van der Waals surface area contributed by atoms with Gasteiger partial charge in [0, 0.05) is 36.5 Å². The quantitative estimate of drug-likeness (QED) is 0.724. The van der Waals surface area contributed by atoms with Crippen molar-refractivity contribution in [2.45, 2.75) is 58.8 Å². The topological polar surface area (TPSA) is 46.6 Å². The second-order valence-corrected chi connectivity index (χ2v) is 8.66. The molecule has 1 aliphatic rings. The van der Waals surface area contributed by atoms with E-state index in [0.717, 1.165) is 42.3 Å². The van der Waals surface area contributed by atoms with E-state index in [4.69, 9.17) is 16.3 Å². The number of carbonyl (C=O) groups is 2. The molecule has 1 aliphatic heterocycles. The molecule has 0 radical (unpaired) electrons. The lowest BCUT2D eigenvalue weighted by Gasteiger charge is -2.32. The van der Waals surface area contributed by atoms with Gasteiger partial charge in [0.15, 0.2) is 0 Å². The first-order chi connectivity index (χ1) is 12.2. The molecule has 26 heavy (non-hydrogen) atoms. The van der Waals surface area contributed by atoms with Crippen molar-refractivity contribution in [2.24, 2.45) is 5.92 Å². The van der Waals surface area contributed by atoms with Crippen LogP contribution in [-0.2, 0) is 15.0 Å². The molecule has 0 atom stereocenters. The number of carbonyl (C=O) groups excluding carboxylic acids is 2. The second kappa shape index (κ2) is 8.90. The average molecular weight is 380 g/mol. The Kier molecular flexibility index (Phi) is 7.10. The average Bonchev–Trinajstić information content (AvgIpc) is 2.58. The van der Waals surface area contributed by atoms with Crippen molar-refractivity contribution < 1.29 is 14.3 Å². The van der Waals surface area contributed by atoms with E-state index in [-0.39, 0.29) is 17.1 Å². The molecule has 0 bridgehead atoms. The van der Waals surface area contributed by atoms with Crippen molar-refractivity contribution in [1.82, 2.24) is 4.90 Å². The van der Waals surface area contributed by atoms with Crippen LogP contribution in [0.3, 0.4) is 0 Å². The van der Waals surface area contributed by atoms with Crippen LogP contribution in [-0.4, -0.2) is 36.3 Å². The Balaban J connectivity index is 1.86. The van der Waals surface area contributed by atoms with Crippen LogP contribution in [0.25, 0.3) is 0 Å². The number of piperidine rings is 1. The molecule has 144 valence electrons. The van der Waals surface area contributed by atoms with E-state index in [9.17, 15) is 9.59 Å². The highest BCUT2D eigenvalue weighted by Crippen LogP contribution is 2.34. The first-order valence-electron chi connectivity index (χ1n) is 9.37. The molecule has 5 heteroatoms. The number of hydrogen-bond donors (Lipinski definition) is 0. The highest BCUT2D eigenvalue weighted by atomic mass is 35.5. The second-order valence-electron chi connectivity index (χ2n) is 8.23. The van der Waals surface area contributed by atoms with Crippen molar-refractivity contribution in [2.75, 3.05) is 19.7 Å². The summed E-state index contributed by atoms with van der Waals surface area (Å²) < 4.78 is 6.13. The zero-order valence-corrected chi connectivity index (χ0v) is 17.1. The summed E-state index contributed by atoms with van der Waals surface area (Å²) in [6.45, 7) is 10.1. The number of ether oxygens (including phenoxy) is 1. The van der Waals surface area contributed by atoms with Gasteiger partial charge in [0.2, 0.25) is 5.91 Å². The minimum Gasteiger partial charge on any atom is -0.493 e. The highest BCUT2D eigenvalue weighted by Gasteiger charge is 2.24. The lowest BCUT2D eigenvalue weighted by Crippen LogP contribution is -2.39. The molecule has 1 saturated heterocycles. The van der Waals surface area contributed by atoms with Crippen LogP contribution in [0, 0.1) is 5.92 Å². The highest BCUT2D eigenvalue weighted by molar-refractivity contribution is 6.30. The summed E-state index contributed by atoms with van der Waals surface area (Å²) in [5.41, 5.74) is 1.08. The number of rotatable bonds is 6. The van der Waals surface area contributed by atoms with E-state index in [2.05, 4.69) is 20.8 Å². The van der Waals surface area contributed by atoms with Gasteiger partial charge in [-0.25, -0.2) is 0 Å². The van der Waals surface area contributed by atoms with Gasteiger partial charge in [-0.05, 0) is 49.3 Å². The molecule has 0 spiro atoms. The number of Topliss-reactive ketones (excluding diaryl/α,β-unsaturated/α-hetero) is 1. The van der Waals surface area contributed by atoms with Crippen LogP contribution < -0.4 is 4.74 Å². The van der Waals surface area contributed by atoms with Crippen LogP contribution in [0.5, 0.6) is 5.75 Å². The fourth-order valence-corrected chi connectivity index (χ4v) is 3.38. The van der Waals surface area contributed by atoms with Crippen molar-refractivity contribution in [3.05, 3.63) is 28.8 Å². The summed E-state index contributed by atoms with van der Waals surface area (Å²) in [5.74, 6) is 1.49. The third-order valence-electron chi connectivity index (χ3n) is 4.88. The van der Waals surface area contributed by atoms with E-state index in [1.54, 1.807) is 0 Å². The molecule has 0 saturated carbocycles. The number of likely N-dealkylation sites (tertiary alicyclic amines) is 1. The molecular weight excluding hydrogens is 350 g/mol. The Bertz CT molecular complexity index is 643. The molecule has 2 rings (SSSR count). The lowest BCUT2D eigenvalue weighted by molar-refractivity contribution is -0.134. The van der Waals surface area contributed by atoms with Crippen LogP contribution >= 0.6 is 11.6 Å². The first kappa shape index (κ1) is 20.8. The van der Waals surface area contributed by atoms with Gasteiger partial charge in [-0.3, -0.25) is 4.79 Å². The fraction of sp³-hybridized carbons (Fsp3) is 0.619. The SMILES string of the molecule is CC(=O)CCC(=O)N1CCC(COc2ccc(Cl)cc2C(C)(C)C)CC1. The van der Waals surface area contributed by atoms with Crippen molar-refractivity contribution in [3.63, 3.8) is 0 Å². The van der Waals surface area contributed by atoms with Gasteiger partial charge in [0.05, 0.1) is 6.61 Å². The van der Waals surface area contributed by atoms with Gasteiger partial charge >= 0.3 is 0 Å². The van der Waals surface area contributed by atoms with E-state index < -0.39 is 0 Å². The summed E-state index contributed by atoms with van der Waals surface area (Å²) in [4.78, 5) is 25.0. The summed E-state index contributed by atoms with van der Waals surface area (Å²) in [6.07, 6.45) is 2.54. The van der Waals surface area contributed by atoms with Crippen molar-refractivity contribution >= 4 is 23.3 Å². The Morgan fingerprint density at radius 3 is 2.42 bits per heavy atom. The molecule has 1 aromatic carbocycles. The predicted molar refractivity (Wildman–Crippen MR) is 105 cm³/mol. The molecule has 1 aromatic rings. The predicted octanol–water partition coefficient (Wildman–Crippen LogP) is 4.62. The third-order valence-corrected chi connectivity index (χ3v) is 5.12. The molecule has 0 unspecified atom stereocenters. The van der Waals surface area contributed by atoms with E-state index in [0.29, 0.717) is 25.4 Å². The fourth-order valence-electron chi connectivity index (χ4n) is 3.21. The standard InChI is InChI=1S/C21H30ClNO3/c1-15(24)5-8-20(25)23-11-9-16(10-12-23)14-26-19-7-6-17(22)13-18(19)21(2,3)4/h6-7,13,16H,5,8-12,14H2,1-4H3. The van der Waals surface area contributed by atoms with Crippen LogP contribution in [0.2, 0.25) is 5.02 Å². The zero-order valence-electron chi connectivity index (χ0n) is 16.3. The van der Waals surface area contributed by atoms with Crippen molar-refractivity contribution in [1.29, 1.82) is 0 Å². The molecule has 0 N–H and O–H groups in total. The maximum atomic E-state index is 12.1. The molecule has 4 nitrogen and oxygen atoms in total. The van der Waals surface area contributed by atoms with Gasteiger partial charge in [0.25, 0.3) is 0 Å². The lowest BCUT2D eigenvalue weighted by atomic mass is 9.86. The molecule has 1 amide bonds. The zero-order chi connectivity index (χ0) is 19.3. The van der Waals surface area contributed by atoms with Gasteiger partial charge in [0.1, 0.15) is 11.5 Å². The molecule has 1 fully saturated rings. The van der Waals surface area contributed by atoms with Crippen LogP contribution in [0.4, 0.5) is 0 Å². The summed E-state index contributed by atoms with van der Waals surface area (Å²) >= 11 is 6.15. The Morgan fingerprint density at radius 1 is 1.19 bits per heavy atom.